The van der Waals surface area contributed by atoms with Crippen molar-refractivity contribution in [1.82, 2.24) is 25.1 Å². The van der Waals surface area contributed by atoms with E-state index < -0.39 is 11.1 Å². The van der Waals surface area contributed by atoms with E-state index in [0.29, 0.717) is 13.0 Å². The van der Waals surface area contributed by atoms with Crippen molar-refractivity contribution in [1.29, 1.82) is 0 Å². The molecule has 8 nitrogen and oxygen atoms in total. The standard InChI is InChI=1S/C44H51N5O3/c1-33(50)29-45-30-41-46-39(28-40-27-38(47-42(51)52-43(2,3)4)25-26-48(40)31-34-17-9-5-10-18-34)32-49(41)44(35-19-11-6-12-20-35,36-21-13-7-14-22-36)37-23-15-8-16-24-37/h5-24,32,38,40,45H,25-31H2,1-4H3,(H,47,51). The van der Waals surface area contributed by atoms with Crippen molar-refractivity contribution in [2.24, 2.45) is 0 Å². The number of carbonyl (C=O) groups excluding carboxylic acids is 2. The average Bonchev–Trinajstić information content (AvgIpc) is 3.52. The average molecular weight is 698 g/mol. The molecule has 1 amide bonds. The number of nitrogens with one attached hydrogen (secondary N) is 2. The summed E-state index contributed by atoms with van der Waals surface area (Å²) in [6, 6.07) is 42.4. The van der Waals surface area contributed by atoms with E-state index >= 15 is 0 Å². The summed E-state index contributed by atoms with van der Waals surface area (Å²) in [5.74, 6) is 0.905. The Bertz CT molecular complexity index is 1790. The van der Waals surface area contributed by atoms with Crippen molar-refractivity contribution >= 4 is 11.9 Å². The molecule has 1 saturated heterocycles. The number of piperidine rings is 1. The first-order valence-corrected chi connectivity index (χ1v) is 18.3. The number of Topliss-reactive ketones (excluding diaryl/α,β-unsaturated/α-hetero) is 1. The van der Waals surface area contributed by atoms with Crippen LogP contribution >= 0.6 is 0 Å². The molecule has 0 radical (unpaired) electrons. The molecule has 2 atom stereocenters. The highest BCUT2D eigenvalue weighted by Crippen LogP contribution is 2.42. The minimum atomic E-state index is -0.751. The van der Waals surface area contributed by atoms with Crippen LogP contribution in [0.3, 0.4) is 0 Å². The molecule has 2 N–H and O–H groups in total. The fourth-order valence-corrected chi connectivity index (χ4v) is 7.48. The fourth-order valence-electron chi connectivity index (χ4n) is 7.48. The maximum Gasteiger partial charge on any atom is 0.407 e. The summed E-state index contributed by atoms with van der Waals surface area (Å²) in [7, 11) is 0. The van der Waals surface area contributed by atoms with Gasteiger partial charge in [0.2, 0.25) is 0 Å². The molecule has 5 aromatic rings. The smallest absolute Gasteiger partial charge is 0.407 e. The second-order valence-electron chi connectivity index (χ2n) is 14.8. The normalized spacial score (nSPS) is 16.7. The number of rotatable bonds is 13. The zero-order valence-electron chi connectivity index (χ0n) is 30.8. The van der Waals surface area contributed by atoms with Crippen LogP contribution in [-0.4, -0.2) is 57.1 Å². The Hall–Kier alpha value is -5.05. The molecule has 2 unspecified atom stereocenters. The summed E-state index contributed by atoms with van der Waals surface area (Å²) in [4.78, 5) is 32.9. The van der Waals surface area contributed by atoms with Gasteiger partial charge in [0.25, 0.3) is 0 Å². The second kappa shape index (κ2) is 16.5. The molecule has 1 aliphatic rings. The number of alkyl carbamates (subject to hydrolysis) is 1. The van der Waals surface area contributed by atoms with Crippen LogP contribution in [0.4, 0.5) is 4.79 Å². The van der Waals surface area contributed by atoms with Gasteiger partial charge in [-0.1, -0.05) is 121 Å². The number of nitrogens with zero attached hydrogens (tertiary/aromatic N) is 3. The fraction of sp³-hybridized carbons (Fsp3) is 0.341. The maximum atomic E-state index is 12.9. The van der Waals surface area contributed by atoms with Crippen molar-refractivity contribution in [3.63, 3.8) is 0 Å². The SMILES string of the molecule is CC(=O)CNCc1nc(CC2CC(NC(=O)OC(C)(C)C)CCN2Cc2ccccc2)cn1C(c1ccccc1)(c1ccccc1)c1ccccc1. The van der Waals surface area contributed by atoms with Gasteiger partial charge in [-0.25, -0.2) is 9.78 Å². The summed E-state index contributed by atoms with van der Waals surface area (Å²) in [5, 5.41) is 6.53. The van der Waals surface area contributed by atoms with Crippen LogP contribution in [0.25, 0.3) is 0 Å². The zero-order chi connectivity index (χ0) is 36.6. The summed E-state index contributed by atoms with van der Waals surface area (Å²) < 4.78 is 7.96. The molecule has 1 fully saturated rings. The minimum absolute atomic E-state index is 0.0253. The minimum Gasteiger partial charge on any atom is -0.444 e. The Morgan fingerprint density at radius 1 is 0.808 bits per heavy atom. The van der Waals surface area contributed by atoms with Gasteiger partial charge in [0.15, 0.2) is 0 Å². The van der Waals surface area contributed by atoms with Gasteiger partial charge in [0.05, 0.1) is 18.8 Å². The summed E-state index contributed by atoms with van der Waals surface area (Å²) in [6.07, 6.45) is 4.10. The number of likely N-dealkylation sites (tertiary alicyclic amines) is 1. The van der Waals surface area contributed by atoms with Crippen molar-refractivity contribution in [3.05, 3.63) is 161 Å². The number of ketones is 1. The van der Waals surface area contributed by atoms with Crippen LogP contribution in [-0.2, 0) is 34.6 Å². The van der Waals surface area contributed by atoms with Crippen LogP contribution in [0.1, 0.15) is 74.3 Å². The van der Waals surface area contributed by atoms with Crippen molar-refractivity contribution in [3.8, 4) is 0 Å². The van der Waals surface area contributed by atoms with Gasteiger partial charge in [0.1, 0.15) is 22.7 Å². The Kier molecular flexibility index (Phi) is 11.7. The Morgan fingerprint density at radius 3 is 1.87 bits per heavy atom. The van der Waals surface area contributed by atoms with E-state index in [2.05, 4.69) is 123 Å². The first-order valence-electron chi connectivity index (χ1n) is 18.3. The summed E-state index contributed by atoms with van der Waals surface area (Å²) in [5.41, 5.74) is 4.20. The summed E-state index contributed by atoms with van der Waals surface area (Å²) in [6.45, 7) is 9.55. The molecule has 6 rings (SSSR count). The number of hydrogen-bond acceptors (Lipinski definition) is 6. The first-order chi connectivity index (χ1) is 25.1. The Labute approximate surface area is 308 Å². The lowest BCUT2D eigenvalue weighted by Gasteiger charge is -2.40. The molecular formula is C44H51N5O3. The van der Waals surface area contributed by atoms with E-state index in [1.807, 2.05) is 45.0 Å². The van der Waals surface area contributed by atoms with Gasteiger partial charge in [-0.3, -0.25) is 9.69 Å². The van der Waals surface area contributed by atoms with Gasteiger partial charge < -0.3 is 19.9 Å². The highest BCUT2D eigenvalue weighted by atomic mass is 16.6. The number of ether oxygens (including phenoxy) is 1. The van der Waals surface area contributed by atoms with Crippen LogP contribution in [0.5, 0.6) is 0 Å². The second-order valence-corrected chi connectivity index (χ2v) is 14.8. The zero-order valence-corrected chi connectivity index (χ0v) is 30.8. The third-order valence-electron chi connectivity index (χ3n) is 9.65. The van der Waals surface area contributed by atoms with E-state index in [1.54, 1.807) is 6.92 Å². The van der Waals surface area contributed by atoms with Crippen LogP contribution in [0.15, 0.2) is 128 Å². The predicted molar refractivity (Wildman–Crippen MR) is 206 cm³/mol. The molecule has 270 valence electrons. The monoisotopic (exact) mass is 697 g/mol. The number of benzene rings is 4. The van der Waals surface area contributed by atoms with Crippen LogP contribution in [0, 0.1) is 0 Å². The van der Waals surface area contributed by atoms with Crippen molar-refractivity contribution < 1.29 is 14.3 Å². The van der Waals surface area contributed by atoms with Gasteiger partial charge in [-0.15, -0.1) is 0 Å². The van der Waals surface area contributed by atoms with Gasteiger partial charge in [-0.05, 0) is 62.8 Å². The van der Waals surface area contributed by atoms with E-state index in [0.717, 1.165) is 54.1 Å². The highest BCUT2D eigenvalue weighted by molar-refractivity contribution is 5.77. The molecule has 0 aliphatic carbocycles. The number of amides is 1. The lowest BCUT2D eigenvalue weighted by molar-refractivity contribution is -0.116. The predicted octanol–water partition coefficient (Wildman–Crippen LogP) is 7.50. The van der Waals surface area contributed by atoms with Gasteiger partial charge in [0, 0.05) is 37.8 Å². The number of imidazole rings is 1. The van der Waals surface area contributed by atoms with Gasteiger partial charge >= 0.3 is 6.09 Å². The molecular weight excluding hydrogens is 647 g/mol. The first kappa shape index (κ1) is 36.7. The van der Waals surface area contributed by atoms with Crippen LogP contribution in [0.2, 0.25) is 0 Å². The van der Waals surface area contributed by atoms with E-state index in [1.165, 1.54) is 5.56 Å². The molecule has 52 heavy (non-hydrogen) atoms. The van der Waals surface area contributed by atoms with Crippen molar-refractivity contribution in [2.45, 2.75) is 83.3 Å². The van der Waals surface area contributed by atoms with Crippen molar-refractivity contribution in [2.75, 3.05) is 13.1 Å². The lowest BCUT2D eigenvalue weighted by Crippen LogP contribution is -2.51. The number of hydrogen-bond donors (Lipinski definition) is 2. The molecule has 2 heterocycles. The maximum absolute atomic E-state index is 12.9. The van der Waals surface area contributed by atoms with Gasteiger partial charge in [-0.2, -0.15) is 0 Å². The number of carbonyl (C=O) groups is 2. The molecule has 4 aromatic carbocycles. The molecule has 1 aromatic heterocycles. The topological polar surface area (TPSA) is 88.5 Å². The molecule has 0 bridgehead atoms. The van der Waals surface area contributed by atoms with Crippen LogP contribution < -0.4 is 10.6 Å². The molecule has 8 heteroatoms. The van der Waals surface area contributed by atoms with E-state index in [-0.39, 0.29) is 30.5 Å². The van der Waals surface area contributed by atoms with E-state index in [4.69, 9.17) is 9.72 Å². The molecule has 0 saturated carbocycles. The Balaban J connectivity index is 1.44. The Morgan fingerprint density at radius 2 is 1.35 bits per heavy atom. The number of aromatic nitrogens is 2. The highest BCUT2D eigenvalue weighted by Gasteiger charge is 2.40. The quantitative estimate of drug-likeness (QED) is 0.124. The largest absolute Gasteiger partial charge is 0.444 e. The van der Waals surface area contributed by atoms with E-state index in [9.17, 15) is 9.59 Å². The molecule has 0 spiro atoms. The third-order valence-corrected chi connectivity index (χ3v) is 9.65. The summed E-state index contributed by atoms with van der Waals surface area (Å²) >= 11 is 0. The lowest BCUT2D eigenvalue weighted by atomic mass is 9.76. The molecule has 1 aliphatic heterocycles. The third kappa shape index (κ3) is 8.87.